The fourth-order valence-electron chi connectivity index (χ4n) is 2.64. The number of rotatable bonds is 5. The Morgan fingerprint density at radius 2 is 2.20 bits per heavy atom. The Balaban J connectivity index is 1.74. The van der Waals surface area contributed by atoms with Gasteiger partial charge in [-0.15, -0.1) is 10.2 Å². The predicted octanol–water partition coefficient (Wildman–Crippen LogP) is 2.79. The maximum atomic E-state index is 12.8. The number of aromatic nitrogens is 2. The molecule has 2 aromatic rings. The maximum Gasteiger partial charge on any atom is 0.277 e. The van der Waals surface area contributed by atoms with Gasteiger partial charge in [-0.3, -0.25) is 9.59 Å². The number of amides is 2. The summed E-state index contributed by atoms with van der Waals surface area (Å²) in [7, 11) is 0. The zero-order valence-corrected chi connectivity index (χ0v) is 15.5. The molecule has 0 spiro atoms. The lowest BCUT2D eigenvalue weighted by Gasteiger charge is -2.27. The molecule has 1 aromatic carbocycles. The lowest BCUT2D eigenvalue weighted by atomic mass is 10.2. The molecule has 1 atom stereocenters. The summed E-state index contributed by atoms with van der Waals surface area (Å²) in [4.78, 5) is 26.5. The van der Waals surface area contributed by atoms with Gasteiger partial charge in [0.05, 0.1) is 22.9 Å². The molecule has 2 amide bonds. The predicted molar refractivity (Wildman–Crippen MR) is 98.9 cm³/mol. The van der Waals surface area contributed by atoms with Crippen molar-refractivity contribution in [2.75, 3.05) is 22.2 Å². The first-order chi connectivity index (χ1) is 12.1. The highest BCUT2D eigenvalue weighted by Crippen LogP contribution is 2.32. The van der Waals surface area contributed by atoms with E-state index in [0.29, 0.717) is 28.2 Å². The van der Waals surface area contributed by atoms with E-state index in [-0.39, 0.29) is 30.0 Å². The third-order valence-corrected chi connectivity index (χ3v) is 5.00. The highest BCUT2D eigenvalue weighted by molar-refractivity contribution is 7.99. The molecule has 1 aliphatic rings. The average Bonchev–Trinajstić information content (AvgIpc) is 2.97. The molecule has 0 saturated heterocycles. The van der Waals surface area contributed by atoms with Crippen LogP contribution in [0.1, 0.15) is 19.2 Å². The number of para-hydroxylation sites is 2. The lowest BCUT2D eigenvalue weighted by molar-refractivity contribution is -0.117. The van der Waals surface area contributed by atoms with Crippen molar-refractivity contribution in [3.8, 4) is 0 Å². The summed E-state index contributed by atoms with van der Waals surface area (Å²) < 4.78 is 5.48. The summed E-state index contributed by atoms with van der Waals surface area (Å²) >= 11 is 2.80. The topological polar surface area (TPSA) is 88.3 Å². The monoisotopic (exact) mass is 378 g/mol. The first-order valence-electron chi connectivity index (χ1n) is 7.73. The van der Waals surface area contributed by atoms with E-state index in [2.05, 4.69) is 15.5 Å². The number of hydrogen-bond donors (Lipinski definition) is 1. The molecule has 0 radical (unpaired) electrons. The summed E-state index contributed by atoms with van der Waals surface area (Å²) in [6, 6.07) is 7.09. The Hall–Kier alpha value is -2.00. The van der Waals surface area contributed by atoms with Crippen LogP contribution in [0.3, 0.4) is 0 Å². The Labute approximate surface area is 153 Å². The quantitative estimate of drug-likeness (QED) is 0.800. The van der Waals surface area contributed by atoms with Gasteiger partial charge in [-0.1, -0.05) is 23.9 Å². The van der Waals surface area contributed by atoms with Crippen LogP contribution in [-0.2, 0) is 15.3 Å². The third kappa shape index (κ3) is 4.16. The minimum Gasteiger partial charge on any atom is -0.415 e. The van der Waals surface area contributed by atoms with E-state index >= 15 is 0 Å². The number of carbonyl (C=O) groups is 2. The number of anilines is 2. The molecule has 1 aliphatic heterocycles. The van der Waals surface area contributed by atoms with E-state index in [0.717, 1.165) is 0 Å². The van der Waals surface area contributed by atoms with Gasteiger partial charge in [0.1, 0.15) is 0 Å². The molecule has 2 heterocycles. The van der Waals surface area contributed by atoms with Gasteiger partial charge >= 0.3 is 0 Å². The van der Waals surface area contributed by atoms with Crippen LogP contribution in [0.4, 0.5) is 11.4 Å². The van der Waals surface area contributed by atoms with E-state index < -0.39 is 0 Å². The molecule has 132 valence electrons. The first-order valence-corrected chi connectivity index (χ1v) is 10.1. The minimum absolute atomic E-state index is 0.0958. The minimum atomic E-state index is -0.230. The van der Waals surface area contributed by atoms with Crippen LogP contribution in [0, 0.1) is 0 Å². The van der Waals surface area contributed by atoms with Crippen LogP contribution in [0.2, 0.25) is 0 Å². The van der Waals surface area contributed by atoms with Gasteiger partial charge in [-0.25, -0.2) is 0 Å². The molecule has 3 rings (SSSR count). The summed E-state index contributed by atoms with van der Waals surface area (Å²) in [6.45, 7) is 1.87. The van der Waals surface area contributed by atoms with Gasteiger partial charge in [0, 0.05) is 12.5 Å². The van der Waals surface area contributed by atoms with Crippen molar-refractivity contribution in [2.24, 2.45) is 0 Å². The smallest absolute Gasteiger partial charge is 0.277 e. The van der Waals surface area contributed by atoms with E-state index in [1.54, 1.807) is 22.7 Å². The zero-order valence-electron chi connectivity index (χ0n) is 13.9. The zero-order chi connectivity index (χ0) is 17.8. The molecule has 9 heteroatoms. The second kappa shape index (κ2) is 7.92. The lowest BCUT2D eigenvalue weighted by Crippen LogP contribution is -2.40. The standard InChI is InChI=1S/C16H18N4O3S2/c1-10-7-13(21)17-11-5-3-4-6-12(11)20(10)15(22)9-25-16-19-18-14(23-16)8-24-2/h3-6,10H,7-9H2,1-2H3,(H,17,21). The van der Waals surface area contributed by atoms with Crippen molar-refractivity contribution in [1.29, 1.82) is 0 Å². The second-order valence-electron chi connectivity index (χ2n) is 5.57. The van der Waals surface area contributed by atoms with Crippen molar-refractivity contribution in [3.63, 3.8) is 0 Å². The number of nitrogens with one attached hydrogen (secondary N) is 1. The molecule has 1 aromatic heterocycles. The van der Waals surface area contributed by atoms with Gasteiger partial charge in [-0.05, 0) is 25.3 Å². The largest absolute Gasteiger partial charge is 0.415 e. The van der Waals surface area contributed by atoms with Gasteiger partial charge in [0.25, 0.3) is 5.22 Å². The van der Waals surface area contributed by atoms with Crippen LogP contribution in [0.5, 0.6) is 0 Å². The van der Waals surface area contributed by atoms with Crippen LogP contribution in [-0.4, -0.2) is 40.1 Å². The van der Waals surface area contributed by atoms with Gasteiger partial charge in [0.2, 0.25) is 17.7 Å². The Morgan fingerprint density at radius 3 is 3.00 bits per heavy atom. The molecule has 1 unspecified atom stereocenters. The highest BCUT2D eigenvalue weighted by atomic mass is 32.2. The second-order valence-corrected chi connectivity index (χ2v) is 7.36. The van der Waals surface area contributed by atoms with Crippen LogP contribution < -0.4 is 10.2 Å². The Bertz CT molecular complexity index is 780. The molecule has 1 N–H and O–H groups in total. The average molecular weight is 378 g/mol. The molecule has 0 bridgehead atoms. The normalized spacial score (nSPS) is 17.0. The van der Waals surface area contributed by atoms with E-state index in [4.69, 9.17) is 4.42 Å². The number of fused-ring (bicyclic) bond motifs is 1. The van der Waals surface area contributed by atoms with Crippen molar-refractivity contribution in [1.82, 2.24) is 10.2 Å². The molecular formula is C16H18N4O3S2. The first kappa shape index (κ1) is 17.8. The third-order valence-electron chi connectivity index (χ3n) is 3.66. The van der Waals surface area contributed by atoms with E-state index in [9.17, 15) is 9.59 Å². The number of nitrogens with zero attached hydrogens (tertiary/aromatic N) is 3. The number of thioether (sulfide) groups is 2. The fraction of sp³-hybridized carbons (Fsp3) is 0.375. The Kier molecular flexibility index (Phi) is 5.64. The number of benzene rings is 1. The summed E-state index contributed by atoms with van der Waals surface area (Å²) in [5, 5.41) is 11.1. The number of carbonyl (C=O) groups excluding carboxylic acids is 2. The van der Waals surface area contributed by atoms with Crippen LogP contribution in [0.25, 0.3) is 0 Å². The fourth-order valence-corrected chi connectivity index (χ4v) is 3.64. The van der Waals surface area contributed by atoms with Crippen molar-refractivity contribution >= 4 is 46.7 Å². The van der Waals surface area contributed by atoms with Gasteiger partial charge < -0.3 is 14.6 Å². The van der Waals surface area contributed by atoms with Crippen LogP contribution in [0.15, 0.2) is 33.9 Å². The molecular weight excluding hydrogens is 360 g/mol. The molecule has 0 saturated carbocycles. The van der Waals surface area contributed by atoms with Crippen molar-refractivity contribution in [3.05, 3.63) is 30.2 Å². The SMILES string of the molecule is CSCc1nnc(SCC(=O)N2c3ccccc3NC(=O)CC2C)o1. The van der Waals surface area contributed by atoms with Crippen molar-refractivity contribution in [2.45, 2.75) is 30.4 Å². The van der Waals surface area contributed by atoms with E-state index in [1.165, 1.54) is 11.8 Å². The summed E-state index contributed by atoms with van der Waals surface area (Å²) in [5.41, 5.74) is 1.36. The molecule has 25 heavy (non-hydrogen) atoms. The molecule has 0 aliphatic carbocycles. The Morgan fingerprint density at radius 1 is 1.40 bits per heavy atom. The van der Waals surface area contributed by atoms with E-state index in [1.807, 2.05) is 31.4 Å². The van der Waals surface area contributed by atoms with Gasteiger partial charge in [0.15, 0.2) is 0 Å². The molecule has 0 fully saturated rings. The summed E-state index contributed by atoms with van der Waals surface area (Å²) in [5.74, 6) is 1.15. The highest BCUT2D eigenvalue weighted by Gasteiger charge is 2.29. The number of hydrogen-bond acceptors (Lipinski definition) is 7. The maximum absolute atomic E-state index is 12.8. The van der Waals surface area contributed by atoms with Crippen LogP contribution >= 0.6 is 23.5 Å². The van der Waals surface area contributed by atoms with Crippen molar-refractivity contribution < 1.29 is 14.0 Å². The molecule has 7 nitrogen and oxygen atoms in total. The summed E-state index contributed by atoms with van der Waals surface area (Å²) in [6.07, 6.45) is 2.21. The van der Waals surface area contributed by atoms with Gasteiger partial charge in [-0.2, -0.15) is 11.8 Å².